The van der Waals surface area contributed by atoms with E-state index in [1.165, 1.54) is 10.9 Å². The van der Waals surface area contributed by atoms with Gasteiger partial charge in [0.2, 0.25) is 0 Å². The summed E-state index contributed by atoms with van der Waals surface area (Å²) in [5, 5.41) is 18.3. The van der Waals surface area contributed by atoms with Crippen molar-refractivity contribution >= 4 is 33.5 Å². The Morgan fingerprint density at radius 1 is 1.45 bits per heavy atom. The average molecular weight is 338 g/mol. The Morgan fingerprint density at radius 2 is 2.15 bits per heavy atom. The first-order chi connectivity index (χ1) is 9.54. The van der Waals surface area contributed by atoms with E-state index in [0.717, 1.165) is 0 Å². The smallest absolute Gasteiger partial charge is 0.257 e. The van der Waals surface area contributed by atoms with E-state index in [4.69, 9.17) is 10.9 Å². The third-order valence-electron chi connectivity index (χ3n) is 2.67. The highest BCUT2D eigenvalue weighted by Crippen LogP contribution is 2.19. The molecule has 0 aliphatic rings. The molecule has 2 rings (SSSR count). The van der Waals surface area contributed by atoms with Crippen LogP contribution < -0.4 is 11.1 Å². The number of aryl methyl sites for hydroxylation is 1. The molecule has 0 fully saturated rings. The fourth-order valence-electron chi connectivity index (χ4n) is 1.65. The van der Waals surface area contributed by atoms with Crippen molar-refractivity contribution in [3.05, 3.63) is 46.1 Å². The van der Waals surface area contributed by atoms with E-state index < -0.39 is 0 Å². The summed E-state index contributed by atoms with van der Waals surface area (Å²) in [6.45, 7) is 0. The molecule has 104 valence electrons. The molecule has 0 bridgehead atoms. The third-order valence-corrected chi connectivity index (χ3v) is 3.36. The molecule has 0 aliphatic heterocycles. The summed E-state index contributed by atoms with van der Waals surface area (Å²) in [6.07, 6.45) is 1.41. The summed E-state index contributed by atoms with van der Waals surface area (Å²) in [4.78, 5) is 12.2. The topological polar surface area (TPSA) is 106 Å². The maximum absolute atomic E-state index is 12.2. The lowest BCUT2D eigenvalue weighted by Crippen LogP contribution is -2.20. The monoisotopic (exact) mass is 337 g/mol. The minimum Gasteiger partial charge on any atom is -0.409 e. The van der Waals surface area contributed by atoms with Crippen LogP contribution in [0.15, 0.2) is 40.1 Å². The van der Waals surface area contributed by atoms with Crippen LogP contribution in [0.25, 0.3) is 0 Å². The van der Waals surface area contributed by atoms with Gasteiger partial charge in [-0.2, -0.15) is 5.10 Å². The molecular weight excluding hydrogens is 326 g/mol. The number of amides is 1. The van der Waals surface area contributed by atoms with E-state index >= 15 is 0 Å². The molecule has 0 saturated heterocycles. The summed E-state index contributed by atoms with van der Waals surface area (Å²) in [7, 11) is 1.64. The number of rotatable bonds is 3. The first kappa shape index (κ1) is 14.1. The maximum atomic E-state index is 12.2. The van der Waals surface area contributed by atoms with E-state index in [1.807, 2.05) is 6.07 Å². The molecule has 1 aromatic carbocycles. The van der Waals surface area contributed by atoms with Crippen LogP contribution in [-0.4, -0.2) is 26.7 Å². The number of benzene rings is 1. The minimum absolute atomic E-state index is 0.125. The third kappa shape index (κ3) is 2.64. The molecule has 0 aliphatic carbocycles. The number of hydrogen-bond acceptors (Lipinski definition) is 4. The fourth-order valence-corrected chi connectivity index (χ4v) is 2.11. The van der Waals surface area contributed by atoms with Crippen LogP contribution >= 0.6 is 15.9 Å². The molecule has 0 unspecified atom stereocenters. The van der Waals surface area contributed by atoms with Crippen LogP contribution in [0.4, 0.5) is 5.82 Å². The van der Waals surface area contributed by atoms with Gasteiger partial charge in [-0.3, -0.25) is 9.48 Å². The van der Waals surface area contributed by atoms with Gasteiger partial charge in [-0.05, 0) is 28.1 Å². The lowest BCUT2D eigenvalue weighted by Gasteiger charge is -2.09. The van der Waals surface area contributed by atoms with Crippen molar-refractivity contribution in [1.29, 1.82) is 0 Å². The van der Waals surface area contributed by atoms with Crippen LogP contribution in [0.2, 0.25) is 0 Å². The first-order valence-corrected chi connectivity index (χ1v) is 6.39. The molecule has 20 heavy (non-hydrogen) atoms. The second-order valence-electron chi connectivity index (χ2n) is 3.95. The van der Waals surface area contributed by atoms with Gasteiger partial charge in [0.15, 0.2) is 5.84 Å². The van der Waals surface area contributed by atoms with Crippen molar-refractivity contribution in [3.63, 3.8) is 0 Å². The van der Waals surface area contributed by atoms with Crippen molar-refractivity contribution in [2.45, 2.75) is 0 Å². The molecule has 0 radical (unpaired) electrons. The quantitative estimate of drug-likeness (QED) is 0.341. The standard InChI is InChI=1S/C12H12BrN5O2/c1-18-11(8(6-15-18)10(14)17-20)16-12(19)7-4-2-3-5-9(7)13/h2-6,20H,1H3,(H2,14,17)(H,16,19). The lowest BCUT2D eigenvalue weighted by molar-refractivity contribution is 0.102. The summed E-state index contributed by atoms with van der Waals surface area (Å²) < 4.78 is 2.10. The molecule has 7 nitrogen and oxygen atoms in total. The van der Waals surface area contributed by atoms with Gasteiger partial charge in [-0.1, -0.05) is 17.3 Å². The maximum Gasteiger partial charge on any atom is 0.257 e. The van der Waals surface area contributed by atoms with Crippen molar-refractivity contribution in [2.24, 2.45) is 17.9 Å². The van der Waals surface area contributed by atoms with Crippen LogP contribution in [0.1, 0.15) is 15.9 Å². The van der Waals surface area contributed by atoms with Crippen LogP contribution in [0.5, 0.6) is 0 Å². The fraction of sp³-hybridized carbons (Fsp3) is 0.0833. The minimum atomic E-state index is -0.326. The number of aromatic nitrogens is 2. The number of carbonyl (C=O) groups is 1. The summed E-state index contributed by atoms with van der Waals surface area (Å²) >= 11 is 3.31. The number of hydrogen-bond donors (Lipinski definition) is 3. The van der Waals surface area contributed by atoms with Gasteiger partial charge < -0.3 is 16.3 Å². The van der Waals surface area contributed by atoms with Gasteiger partial charge in [0.1, 0.15) is 5.82 Å². The predicted octanol–water partition coefficient (Wildman–Crippen LogP) is 1.53. The van der Waals surface area contributed by atoms with Gasteiger partial charge >= 0.3 is 0 Å². The van der Waals surface area contributed by atoms with Crippen molar-refractivity contribution in [1.82, 2.24) is 9.78 Å². The average Bonchev–Trinajstić information content (AvgIpc) is 2.80. The number of carbonyl (C=O) groups excluding carboxylic acids is 1. The van der Waals surface area contributed by atoms with E-state index in [2.05, 4.69) is 31.5 Å². The highest BCUT2D eigenvalue weighted by molar-refractivity contribution is 9.10. The second kappa shape index (κ2) is 5.74. The first-order valence-electron chi connectivity index (χ1n) is 5.60. The second-order valence-corrected chi connectivity index (χ2v) is 4.80. The SMILES string of the molecule is Cn1ncc(C(N)=NO)c1NC(=O)c1ccccc1Br. The van der Waals surface area contributed by atoms with Crippen LogP contribution in [-0.2, 0) is 7.05 Å². The normalized spacial score (nSPS) is 11.4. The highest BCUT2D eigenvalue weighted by atomic mass is 79.9. The molecule has 0 saturated carbocycles. The molecule has 0 spiro atoms. The zero-order valence-corrected chi connectivity index (χ0v) is 12.1. The molecular formula is C12H12BrN5O2. The summed E-state index contributed by atoms with van der Waals surface area (Å²) in [6, 6.07) is 7.02. The van der Waals surface area contributed by atoms with Crippen molar-refractivity contribution in [3.8, 4) is 0 Å². The molecule has 8 heteroatoms. The Bertz CT molecular complexity index is 680. The van der Waals surface area contributed by atoms with Crippen LogP contribution in [0, 0.1) is 0 Å². The number of nitrogens with two attached hydrogens (primary N) is 1. The number of oxime groups is 1. The van der Waals surface area contributed by atoms with Gasteiger partial charge in [-0.15, -0.1) is 0 Å². The van der Waals surface area contributed by atoms with Crippen LogP contribution in [0.3, 0.4) is 0 Å². The predicted molar refractivity (Wildman–Crippen MR) is 77.8 cm³/mol. The molecule has 2 aromatic rings. The van der Waals surface area contributed by atoms with E-state index in [1.54, 1.807) is 25.2 Å². The molecule has 4 N–H and O–H groups in total. The number of nitrogens with one attached hydrogen (secondary N) is 1. The zero-order chi connectivity index (χ0) is 14.7. The summed E-state index contributed by atoms with van der Waals surface area (Å²) in [5.41, 5.74) is 6.35. The number of amidine groups is 1. The Morgan fingerprint density at radius 3 is 2.80 bits per heavy atom. The molecule has 1 amide bonds. The van der Waals surface area contributed by atoms with E-state index in [0.29, 0.717) is 21.4 Å². The lowest BCUT2D eigenvalue weighted by atomic mass is 10.2. The van der Waals surface area contributed by atoms with E-state index in [-0.39, 0.29) is 11.7 Å². The number of nitrogens with zero attached hydrogens (tertiary/aromatic N) is 3. The van der Waals surface area contributed by atoms with Gasteiger partial charge in [0.05, 0.1) is 17.3 Å². The molecule has 0 atom stereocenters. The molecule has 1 aromatic heterocycles. The Kier molecular flexibility index (Phi) is 4.04. The van der Waals surface area contributed by atoms with Crippen molar-refractivity contribution in [2.75, 3.05) is 5.32 Å². The zero-order valence-electron chi connectivity index (χ0n) is 10.5. The number of anilines is 1. The highest BCUT2D eigenvalue weighted by Gasteiger charge is 2.17. The Hall–Kier alpha value is -2.35. The largest absolute Gasteiger partial charge is 0.409 e. The van der Waals surface area contributed by atoms with Gasteiger partial charge in [0, 0.05) is 11.5 Å². The van der Waals surface area contributed by atoms with Gasteiger partial charge in [-0.25, -0.2) is 0 Å². The molecule has 1 heterocycles. The van der Waals surface area contributed by atoms with E-state index in [9.17, 15) is 4.79 Å². The van der Waals surface area contributed by atoms with Crippen molar-refractivity contribution < 1.29 is 10.0 Å². The number of halogens is 1. The Labute approximate surface area is 123 Å². The van der Waals surface area contributed by atoms with Gasteiger partial charge in [0.25, 0.3) is 5.91 Å². The summed E-state index contributed by atoms with van der Waals surface area (Å²) in [5.74, 6) is -0.102. The Balaban J connectivity index is 2.34.